The van der Waals surface area contributed by atoms with Crippen molar-refractivity contribution in [3.05, 3.63) is 30.1 Å². The van der Waals surface area contributed by atoms with Crippen molar-refractivity contribution >= 4 is 23.7 Å². The molecule has 1 saturated heterocycles. The maximum atomic E-state index is 11.9. The molecule has 1 N–H and O–H groups in total. The van der Waals surface area contributed by atoms with Crippen molar-refractivity contribution in [2.75, 3.05) is 18.1 Å². The minimum atomic E-state index is -0.765. The minimum absolute atomic E-state index is 0.141. The van der Waals surface area contributed by atoms with Crippen LogP contribution in [-0.4, -0.2) is 45.4 Å². The highest BCUT2D eigenvalue weighted by molar-refractivity contribution is 7.99. The predicted octanol–water partition coefficient (Wildman–Crippen LogP) is 1.69. The molecule has 1 fully saturated rings. The number of imide groups is 1. The number of amides is 3. The second-order valence-corrected chi connectivity index (χ2v) is 6.45. The Kier molecular flexibility index (Phi) is 4.65. The largest absolute Gasteiger partial charge is 0.325 e. The summed E-state index contributed by atoms with van der Waals surface area (Å²) >= 11 is 1.74. The molecule has 1 aromatic rings. The summed E-state index contributed by atoms with van der Waals surface area (Å²) in [6.45, 7) is 3.92. The van der Waals surface area contributed by atoms with Gasteiger partial charge in [0.2, 0.25) is 0 Å². The van der Waals surface area contributed by atoms with E-state index in [9.17, 15) is 9.59 Å². The molecule has 0 aromatic carbocycles. The van der Waals surface area contributed by atoms with Crippen molar-refractivity contribution in [3.63, 3.8) is 0 Å². The van der Waals surface area contributed by atoms with E-state index in [1.54, 1.807) is 38.0 Å². The van der Waals surface area contributed by atoms with Gasteiger partial charge in [-0.25, -0.2) is 4.79 Å². The molecule has 108 valence electrons. The first-order valence-corrected chi connectivity index (χ1v) is 7.77. The van der Waals surface area contributed by atoms with E-state index in [0.29, 0.717) is 6.54 Å². The van der Waals surface area contributed by atoms with E-state index in [4.69, 9.17) is 0 Å². The third kappa shape index (κ3) is 3.50. The summed E-state index contributed by atoms with van der Waals surface area (Å²) in [4.78, 5) is 28.9. The number of nitrogens with one attached hydrogen (secondary N) is 1. The van der Waals surface area contributed by atoms with Crippen molar-refractivity contribution in [2.45, 2.75) is 25.8 Å². The highest BCUT2D eigenvalue weighted by Crippen LogP contribution is 2.17. The van der Waals surface area contributed by atoms with E-state index >= 15 is 0 Å². The normalized spacial score (nSPS) is 17.4. The van der Waals surface area contributed by atoms with Crippen molar-refractivity contribution in [3.8, 4) is 0 Å². The van der Waals surface area contributed by atoms with Crippen molar-refractivity contribution < 1.29 is 9.59 Å². The molecule has 2 heterocycles. The quantitative estimate of drug-likeness (QED) is 0.640. The zero-order valence-corrected chi connectivity index (χ0v) is 12.6. The van der Waals surface area contributed by atoms with Crippen LogP contribution < -0.4 is 5.32 Å². The molecule has 0 radical (unpaired) electrons. The van der Waals surface area contributed by atoms with Gasteiger partial charge in [-0.2, -0.15) is 11.8 Å². The van der Waals surface area contributed by atoms with E-state index in [0.717, 1.165) is 17.9 Å². The molecule has 1 aliphatic heterocycles. The summed E-state index contributed by atoms with van der Waals surface area (Å²) in [6, 6.07) is 3.72. The Morgan fingerprint density at radius 1 is 1.25 bits per heavy atom. The van der Waals surface area contributed by atoms with Crippen LogP contribution in [0.15, 0.2) is 24.5 Å². The molecule has 1 aromatic heterocycles. The number of urea groups is 1. The minimum Gasteiger partial charge on any atom is -0.324 e. The number of thioether (sulfide) groups is 1. The van der Waals surface area contributed by atoms with Crippen LogP contribution in [0.3, 0.4) is 0 Å². The van der Waals surface area contributed by atoms with Gasteiger partial charge in [0.1, 0.15) is 5.54 Å². The first-order chi connectivity index (χ1) is 9.50. The highest BCUT2D eigenvalue weighted by Gasteiger charge is 2.43. The fraction of sp³-hybridized carbons (Fsp3) is 0.500. The molecule has 0 atom stereocenters. The fourth-order valence-electron chi connectivity index (χ4n) is 2.02. The van der Waals surface area contributed by atoms with Gasteiger partial charge >= 0.3 is 6.03 Å². The highest BCUT2D eigenvalue weighted by atomic mass is 32.2. The van der Waals surface area contributed by atoms with E-state index in [-0.39, 0.29) is 11.9 Å². The molecule has 0 bridgehead atoms. The SMILES string of the molecule is CC1(C)NC(=O)N(CCSCCc2ccncc2)C1=O. The smallest absolute Gasteiger partial charge is 0.324 e. The van der Waals surface area contributed by atoms with Crippen LogP contribution in [0.1, 0.15) is 19.4 Å². The van der Waals surface area contributed by atoms with Gasteiger partial charge in [-0.05, 0) is 43.7 Å². The fourth-order valence-corrected chi connectivity index (χ4v) is 2.91. The Balaban J connectivity index is 1.69. The molecule has 0 saturated carbocycles. The maximum Gasteiger partial charge on any atom is 0.325 e. The Morgan fingerprint density at radius 3 is 2.55 bits per heavy atom. The summed E-state index contributed by atoms with van der Waals surface area (Å²) in [5.41, 5.74) is 0.488. The molecule has 6 heteroatoms. The van der Waals surface area contributed by atoms with Gasteiger partial charge in [-0.15, -0.1) is 0 Å². The number of carbonyl (C=O) groups excluding carboxylic acids is 2. The third-order valence-electron chi connectivity index (χ3n) is 3.19. The second kappa shape index (κ2) is 6.26. The topological polar surface area (TPSA) is 62.3 Å². The number of rotatable bonds is 6. The molecule has 5 nitrogen and oxygen atoms in total. The first-order valence-electron chi connectivity index (χ1n) is 6.61. The number of hydrogen-bond acceptors (Lipinski definition) is 4. The lowest BCUT2D eigenvalue weighted by molar-refractivity contribution is -0.130. The number of aryl methyl sites for hydroxylation is 1. The molecule has 20 heavy (non-hydrogen) atoms. The van der Waals surface area contributed by atoms with Crippen LogP contribution in [0, 0.1) is 0 Å². The van der Waals surface area contributed by atoms with E-state index in [1.807, 2.05) is 12.1 Å². The maximum absolute atomic E-state index is 11.9. The molecule has 1 aliphatic rings. The number of aromatic nitrogens is 1. The monoisotopic (exact) mass is 293 g/mol. The zero-order chi connectivity index (χ0) is 14.6. The number of carbonyl (C=O) groups is 2. The molecular weight excluding hydrogens is 274 g/mol. The van der Waals surface area contributed by atoms with Gasteiger partial charge in [0.15, 0.2) is 0 Å². The molecule has 0 aliphatic carbocycles. The number of pyridine rings is 1. The van der Waals surface area contributed by atoms with Crippen LogP contribution in [0.4, 0.5) is 4.79 Å². The summed E-state index contributed by atoms with van der Waals surface area (Å²) in [6.07, 6.45) is 4.55. The Bertz CT molecular complexity index is 490. The Labute approximate surface area is 123 Å². The van der Waals surface area contributed by atoms with Crippen LogP contribution in [0.25, 0.3) is 0 Å². The Hall–Kier alpha value is -1.56. The summed E-state index contributed by atoms with van der Waals surface area (Å²) in [5, 5.41) is 2.68. The molecule has 3 amide bonds. The van der Waals surface area contributed by atoms with Gasteiger partial charge in [-0.3, -0.25) is 14.7 Å². The number of hydrogen-bond donors (Lipinski definition) is 1. The first kappa shape index (κ1) is 14.8. The predicted molar refractivity (Wildman–Crippen MR) is 79.6 cm³/mol. The van der Waals surface area contributed by atoms with Gasteiger partial charge in [0, 0.05) is 24.7 Å². The van der Waals surface area contributed by atoms with Gasteiger partial charge < -0.3 is 5.32 Å². The number of nitrogens with zero attached hydrogens (tertiary/aromatic N) is 2. The van der Waals surface area contributed by atoms with Crippen LogP contribution >= 0.6 is 11.8 Å². The standard InChI is InChI=1S/C14H19N3O2S/c1-14(2)12(18)17(13(19)16-14)8-10-20-9-5-11-3-6-15-7-4-11/h3-4,6-7H,5,8-10H2,1-2H3,(H,16,19). The molecule has 0 unspecified atom stereocenters. The van der Waals surface area contributed by atoms with Crippen LogP contribution in [-0.2, 0) is 11.2 Å². The van der Waals surface area contributed by atoms with Crippen molar-refractivity contribution in [1.82, 2.24) is 15.2 Å². The lowest BCUT2D eigenvalue weighted by Crippen LogP contribution is -2.40. The second-order valence-electron chi connectivity index (χ2n) is 5.23. The van der Waals surface area contributed by atoms with Gasteiger partial charge in [0.25, 0.3) is 5.91 Å². The average molecular weight is 293 g/mol. The summed E-state index contributed by atoms with van der Waals surface area (Å²) < 4.78 is 0. The molecular formula is C14H19N3O2S. The lowest BCUT2D eigenvalue weighted by atomic mass is 10.1. The summed E-state index contributed by atoms with van der Waals surface area (Å²) in [5.74, 6) is 1.59. The summed E-state index contributed by atoms with van der Waals surface area (Å²) in [7, 11) is 0. The van der Waals surface area contributed by atoms with E-state index < -0.39 is 5.54 Å². The molecule has 2 rings (SSSR count). The third-order valence-corrected chi connectivity index (χ3v) is 4.15. The van der Waals surface area contributed by atoms with Crippen molar-refractivity contribution in [2.24, 2.45) is 0 Å². The van der Waals surface area contributed by atoms with Crippen LogP contribution in [0.5, 0.6) is 0 Å². The molecule has 0 spiro atoms. The van der Waals surface area contributed by atoms with Gasteiger partial charge in [0.05, 0.1) is 0 Å². The van der Waals surface area contributed by atoms with E-state index in [2.05, 4.69) is 10.3 Å². The van der Waals surface area contributed by atoms with Gasteiger partial charge in [-0.1, -0.05) is 0 Å². The average Bonchev–Trinajstić information content (AvgIpc) is 2.61. The van der Waals surface area contributed by atoms with E-state index in [1.165, 1.54) is 10.5 Å². The lowest BCUT2D eigenvalue weighted by Gasteiger charge is -2.15. The van der Waals surface area contributed by atoms with Crippen molar-refractivity contribution in [1.29, 1.82) is 0 Å². The van der Waals surface area contributed by atoms with Crippen LogP contribution in [0.2, 0.25) is 0 Å². The zero-order valence-electron chi connectivity index (χ0n) is 11.8. The Morgan fingerprint density at radius 2 is 1.95 bits per heavy atom.